The maximum Gasteiger partial charge on any atom is 0.165 e. The highest BCUT2D eigenvalue weighted by Gasteiger charge is 2.33. The lowest BCUT2D eigenvalue weighted by Gasteiger charge is -2.17. The van der Waals surface area contributed by atoms with Gasteiger partial charge in [0.1, 0.15) is 24.6 Å². The molecule has 4 nitrogen and oxygen atoms in total. The molecule has 18 heavy (non-hydrogen) atoms. The summed E-state index contributed by atoms with van der Waals surface area (Å²) < 4.78 is 22.3. The van der Waals surface area contributed by atoms with E-state index in [1.54, 1.807) is 6.26 Å². The van der Waals surface area contributed by atoms with Gasteiger partial charge in [-0.15, -0.1) is 0 Å². The highest BCUT2D eigenvalue weighted by molar-refractivity contribution is 5.83. The number of hydrogen-bond donors (Lipinski definition) is 0. The molecule has 1 atom stereocenters. The van der Waals surface area contributed by atoms with Crippen LogP contribution in [0.2, 0.25) is 0 Å². The van der Waals surface area contributed by atoms with E-state index in [0.29, 0.717) is 13.2 Å². The lowest BCUT2D eigenvalue weighted by atomic mass is 10.2. The summed E-state index contributed by atoms with van der Waals surface area (Å²) in [5.41, 5.74) is 0.830. The Morgan fingerprint density at radius 2 is 2.17 bits per heavy atom. The van der Waals surface area contributed by atoms with Crippen LogP contribution in [0.15, 0.2) is 34.9 Å². The average Bonchev–Trinajstić information content (AvgIpc) is 2.90. The molecular formula is C14H16O4. The van der Waals surface area contributed by atoms with Gasteiger partial charge >= 0.3 is 0 Å². The maximum atomic E-state index is 5.74. The van der Waals surface area contributed by atoms with Crippen LogP contribution in [0.25, 0.3) is 11.0 Å². The van der Waals surface area contributed by atoms with Crippen molar-refractivity contribution in [3.8, 4) is 5.75 Å². The molecule has 4 heteroatoms. The normalized spacial score (nSPS) is 22.4. The van der Waals surface area contributed by atoms with Crippen molar-refractivity contribution in [2.24, 2.45) is 0 Å². The third kappa shape index (κ3) is 2.21. The van der Waals surface area contributed by atoms with Crippen LogP contribution in [0.5, 0.6) is 5.75 Å². The predicted molar refractivity (Wildman–Crippen MR) is 66.6 cm³/mol. The summed E-state index contributed by atoms with van der Waals surface area (Å²) in [4.78, 5) is 0. The van der Waals surface area contributed by atoms with Crippen molar-refractivity contribution in [2.45, 2.75) is 25.7 Å². The smallest absolute Gasteiger partial charge is 0.165 e. The Morgan fingerprint density at radius 3 is 2.94 bits per heavy atom. The lowest BCUT2D eigenvalue weighted by molar-refractivity contribution is -0.141. The molecule has 0 saturated carbocycles. The van der Waals surface area contributed by atoms with Crippen LogP contribution in [0, 0.1) is 0 Å². The minimum absolute atomic E-state index is 0.0336. The van der Waals surface area contributed by atoms with Crippen molar-refractivity contribution in [1.82, 2.24) is 0 Å². The Bertz CT molecular complexity index is 543. The van der Waals surface area contributed by atoms with E-state index in [2.05, 4.69) is 0 Å². The number of furan rings is 1. The highest BCUT2D eigenvalue weighted by Crippen LogP contribution is 2.29. The molecule has 0 N–H and O–H groups in total. The topological polar surface area (TPSA) is 40.8 Å². The minimum atomic E-state index is -0.507. The molecule has 1 saturated heterocycles. The Hall–Kier alpha value is -1.52. The van der Waals surface area contributed by atoms with Gasteiger partial charge in [0.2, 0.25) is 0 Å². The van der Waals surface area contributed by atoms with Crippen LogP contribution >= 0.6 is 0 Å². The molecule has 1 unspecified atom stereocenters. The van der Waals surface area contributed by atoms with Crippen LogP contribution in [0.4, 0.5) is 0 Å². The Labute approximate surface area is 105 Å². The van der Waals surface area contributed by atoms with E-state index in [1.165, 1.54) is 0 Å². The molecule has 0 radical (unpaired) electrons. The fourth-order valence-electron chi connectivity index (χ4n) is 2.09. The van der Waals surface area contributed by atoms with E-state index in [9.17, 15) is 0 Å². The van der Waals surface area contributed by atoms with Gasteiger partial charge in [-0.05, 0) is 26.0 Å². The molecule has 96 valence electrons. The molecule has 1 aromatic carbocycles. The van der Waals surface area contributed by atoms with Crippen molar-refractivity contribution in [3.05, 3.63) is 30.5 Å². The van der Waals surface area contributed by atoms with E-state index in [-0.39, 0.29) is 6.10 Å². The number of benzene rings is 1. The Kier molecular flexibility index (Phi) is 2.76. The van der Waals surface area contributed by atoms with Gasteiger partial charge < -0.3 is 18.6 Å². The monoisotopic (exact) mass is 248 g/mol. The number of para-hydroxylation sites is 1. The first kappa shape index (κ1) is 11.6. The predicted octanol–water partition coefficient (Wildman–Crippen LogP) is 2.96. The van der Waals surface area contributed by atoms with Crippen LogP contribution in [-0.2, 0) is 9.47 Å². The quantitative estimate of drug-likeness (QED) is 0.837. The van der Waals surface area contributed by atoms with Gasteiger partial charge in [-0.3, -0.25) is 0 Å². The zero-order valence-corrected chi connectivity index (χ0v) is 10.5. The number of hydrogen-bond acceptors (Lipinski definition) is 4. The van der Waals surface area contributed by atoms with Gasteiger partial charge in [-0.25, -0.2) is 0 Å². The number of ether oxygens (including phenoxy) is 3. The summed E-state index contributed by atoms with van der Waals surface area (Å²) in [5, 5.41) is 0.982. The second-order valence-corrected chi connectivity index (χ2v) is 4.86. The average molecular weight is 248 g/mol. The first-order chi connectivity index (χ1) is 8.64. The fraction of sp³-hybridized carbons (Fsp3) is 0.429. The minimum Gasteiger partial charge on any atom is -0.487 e. The van der Waals surface area contributed by atoms with Crippen molar-refractivity contribution < 1.29 is 18.6 Å². The molecule has 2 aromatic rings. The molecule has 1 aromatic heterocycles. The van der Waals surface area contributed by atoms with Crippen LogP contribution < -0.4 is 4.74 Å². The molecule has 0 aliphatic carbocycles. The summed E-state index contributed by atoms with van der Waals surface area (Å²) in [5.74, 6) is 0.242. The number of fused-ring (bicyclic) bond motifs is 1. The van der Waals surface area contributed by atoms with Gasteiger partial charge in [-0.1, -0.05) is 12.1 Å². The largest absolute Gasteiger partial charge is 0.487 e. The molecule has 0 bridgehead atoms. The Balaban J connectivity index is 1.67. The molecule has 1 aliphatic rings. The Morgan fingerprint density at radius 1 is 1.33 bits per heavy atom. The van der Waals surface area contributed by atoms with E-state index < -0.39 is 5.79 Å². The van der Waals surface area contributed by atoms with Crippen molar-refractivity contribution in [1.29, 1.82) is 0 Å². The van der Waals surface area contributed by atoms with Gasteiger partial charge in [-0.2, -0.15) is 0 Å². The van der Waals surface area contributed by atoms with Gasteiger partial charge in [0.15, 0.2) is 11.5 Å². The summed E-state index contributed by atoms with van der Waals surface area (Å²) in [6.45, 7) is 4.83. The SMILES string of the molecule is CC1(C)OCC(COc2coc3ccccc23)O1. The van der Waals surface area contributed by atoms with Gasteiger partial charge in [0.25, 0.3) is 0 Å². The van der Waals surface area contributed by atoms with Gasteiger partial charge in [0, 0.05) is 0 Å². The van der Waals surface area contributed by atoms with E-state index >= 15 is 0 Å². The second-order valence-electron chi connectivity index (χ2n) is 4.86. The second kappa shape index (κ2) is 4.30. The van der Waals surface area contributed by atoms with Gasteiger partial charge in [0.05, 0.1) is 12.0 Å². The van der Waals surface area contributed by atoms with Crippen molar-refractivity contribution >= 4 is 11.0 Å². The zero-order chi connectivity index (χ0) is 12.6. The lowest BCUT2D eigenvalue weighted by Crippen LogP contribution is -2.25. The highest BCUT2D eigenvalue weighted by atomic mass is 16.7. The molecule has 2 heterocycles. The summed E-state index contributed by atoms with van der Waals surface area (Å²) in [6, 6.07) is 7.79. The first-order valence-corrected chi connectivity index (χ1v) is 6.05. The first-order valence-electron chi connectivity index (χ1n) is 6.05. The fourth-order valence-corrected chi connectivity index (χ4v) is 2.09. The third-order valence-electron chi connectivity index (χ3n) is 2.94. The molecule has 3 rings (SSSR count). The maximum absolute atomic E-state index is 5.74. The molecular weight excluding hydrogens is 232 g/mol. The molecule has 1 fully saturated rings. The summed E-state index contributed by atoms with van der Waals surface area (Å²) in [6.07, 6.45) is 1.60. The van der Waals surface area contributed by atoms with Crippen LogP contribution in [0.3, 0.4) is 0 Å². The summed E-state index contributed by atoms with van der Waals surface area (Å²) >= 11 is 0. The summed E-state index contributed by atoms with van der Waals surface area (Å²) in [7, 11) is 0. The van der Waals surface area contributed by atoms with Crippen molar-refractivity contribution in [3.63, 3.8) is 0 Å². The van der Waals surface area contributed by atoms with Crippen LogP contribution in [-0.4, -0.2) is 25.1 Å². The third-order valence-corrected chi connectivity index (χ3v) is 2.94. The van der Waals surface area contributed by atoms with E-state index in [4.69, 9.17) is 18.6 Å². The van der Waals surface area contributed by atoms with E-state index in [1.807, 2.05) is 38.1 Å². The number of rotatable bonds is 3. The zero-order valence-electron chi connectivity index (χ0n) is 10.5. The van der Waals surface area contributed by atoms with Crippen molar-refractivity contribution in [2.75, 3.05) is 13.2 Å². The standard InChI is InChI=1S/C14H16O4/c1-14(2)17-8-10(18-14)7-15-13-9-16-12-6-4-3-5-11(12)13/h3-6,9-10H,7-8H2,1-2H3. The molecule has 0 amide bonds. The van der Waals surface area contributed by atoms with Crippen LogP contribution in [0.1, 0.15) is 13.8 Å². The van der Waals surface area contributed by atoms with E-state index in [0.717, 1.165) is 16.7 Å². The molecule has 1 aliphatic heterocycles. The molecule has 0 spiro atoms.